The molecule has 4 aromatic rings. The molecule has 0 fully saturated rings. The molecule has 0 aliphatic carbocycles. The fraction of sp³-hybridized carbons (Fsp3) is 0.160. The molecule has 0 saturated heterocycles. The molecule has 0 aliphatic rings. The van der Waals surface area contributed by atoms with Crippen LogP contribution < -0.4 is 10.9 Å². The Kier molecular flexibility index (Phi) is 5.70. The van der Waals surface area contributed by atoms with Crippen molar-refractivity contribution in [2.45, 2.75) is 25.8 Å². The average Bonchev–Trinajstić information content (AvgIpc) is 2.79. The lowest BCUT2D eigenvalue weighted by Crippen LogP contribution is -2.35. The number of nitrogens with zero attached hydrogens (tertiary/aromatic N) is 2. The fourth-order valence-electron chi connectivity index (χ4n) is 3.49. The normalized spacial score (nSPS) is 11.9. The van der Waals surface area contributed by atoms with E-state index < -0.39 is 0 Å². The van der Waals surface area contributed by atoms with Crippen molar-refractivity contribution in [1.29, 1.82) is 0 Å². The Balaban J connectivity index is 1.63. The van der Waals surface area contributed by atoms with Crippen molar-refractivity contribution in [2.24, 2.45) is 0 Å². The predicted molar refractivity (Wildman–Crippen MR) is 119 cm³/mol. The van der Waals surface area contributed by atoms with Crippen molar-refractivity contribution in [1.82, 2.24) is 15.1 Å². The first kappa shape index (κ1) is 19.6. The highest BCUT2D eigenvalue weighted by Crippen LogP contribution is 2.16. The van der Waals surface area contributed by atoms with Crippen LogP contribution in [0, 0.1) is 0 Å². The molecule has 0 spiro atoms. The number of hydrogen-bond donors (Lipinski definition) is 1. The monoisotopic (exact) mass is 397 g/mol. The topological polar surface area (TPSA) is 64.0 Å². The number of para-hydroxylation sites is 1. The van der Waals surface area contributed by atoms with E-state index in [4.69, 9.17) is 0 Å². The van der Waals surface area contributed by atoms with E-state index in [2.05, 4.69) is 22.5 Å². The minimum absolute atomic E-state index is 0.0321. The molecule has 1 unspecified atom stereocenters. The van der Waals surface area contributed by atoms with Crippen LogP contribution in [0.1, 0.15) is 29.4 Å². The van der Waals surface area contributed by atoms with Crippen molar-refractivity contribution in [3.63, 3.8) is 0 Å². The Morgan fingerprint density at radius 2 is 1.50 bits per heavy atom. The predicted octanol–water partition coefficient (Wildman–Crippen LogP) is 4.14. The van der Waals surface area contributed by atoms with Gasteiger partial charge in [-0.25, -0.2) is 0 Å². The Bertz CT molecular complexity index is 1220. The molecular weight excluding hydrogens is 374 g/mol. The molecule has 5 nitrogen and oxygen atoms in total. The molecule has 0 radical (unpaired) electrons. The van der Waals surface area contributed by atoms with Crippen LogP contribution in [-0.4, -0.2) is 21.7 Å². The minimum atomic E-state index is -0.281. The summed E-state index contributed by atoms with van der Waals surface area (Å²) in [5, 5.41) is 8.50. The molecule has 0 saturated carbocycles. The highest BCUT2D eigenvalue weighted by Gasteiger charge is 2.18. The van der Waals surface area contributed by atoms with Gasteiger partial charge in [-0.1, -0.05) is 66.7 Å². The van der Waals surface area contributed by atoms with E-state index in [1.807, 2.05) is 49.4 Å². The summed E-state index contributed by atoms with van der Waals surface area (Å²) in [6, 6.07) is 26.4. The van der Waals surface area contributed by atoms with Crippen LogP contribution in [0.25, 0.3) is 16.5 Å². The number of rotatable bonds is 6. The van der Waals surface area contributed by atoms with Gasteiger partial charge in [0.1, 0.15) is 0 Å². The summed E-state index contributed by atoms with van der Waals surface area (Å²) >= 11 is 0. The first-order valence-corrected chi connectivity index (χ1v) is 10.1. The molecule has 1 heterocycles. The van der Waals surface area contributed by atoms with Gasteiger partial charge in [-0.2, -0.15) is 9.78 Å². The molecule has 0 aliphatic heterocycles. The second kappa shape index (κ2) is 8.74. The van der Waals surface area contributed by atoms with E-state index in [0.29, 0.717) is 16.5 Å². The van der Waals surface area contributed by atoms with Crippen molar-refractivity contribution in [3.8, 4) is 5.69 Å². The van der Waals surface area contributed by atoms with E-state index in [1.165, 1.54) is 10.2 Å². The summed E-state index contributed by atoms with van der Waals surface area (Å²) in [7, 11) is 0. The van der Waals surface area contributed by atoms with Gasteiger partial charge in [-0.05, 0) is 43.5 Å². The number of carbonyl (C=O) groups is 1. The van der Waals surface area contributed by atoms with Crippen molar-refractivity contribution in [3.05, 3.63) is 107 Å². The fourth-order valence-corrected chi connectivity index (χ4v) is 3.49. The van der Waals surface area contributed by atoms with Crippen LogP contribution >= 0.6 is 0 Å². The summed E-state index contributed by atoms with van der Waals surface area (Å²) in [6.07, 6.45) is 1.69. The van der Waals surface area contributed by atoms with Gasteiger partial charge in [0, 0.05) is 11.4 Å². The van der Waals surface area contributed by atoms with E-state index in [1.54, 1.807) is 30.3 Å². The second-order valence-electron chi connectivity index (χ2n) is 7.35. The third kappa shape index (κ3) is 4.15. The third-order valence-electron chi connectivity index (χ3n) is 5.11. The van der Waals surface area contributed by atoms with Gasteiger partial charge in [0.25, 0.3) is 11.5 Å². The summed E-state index contributed by atoms with van der Waals surface area (Å²) in [6.45, 7) is 1.98. The first-order chi connectivity index (χ1) is 14.6. The zero-order chi connectivity index (χ0) is 20.9. The Labute approximate surface area is 175 Å². The number of amides is 1. The molecule has 0 bridgehead atoms. The SMILES string of the molecule is CC(CCc1ccccc1)NC(=O)c1nn(-c2ccccc2)c(=O)c2ccccc12. The summed E-state index contributed by atoms with van der Waals surface area (Å²) in [4.78, 5) is 26.0. The number of benzene rings is 3. The lowest BCUT2D eigenvalue weighted by Gasteiger charge is -2.15. The van der Waals surface area contributed by atoms with Crippen molar-refractivity contribution < 1.29 is 4.79 Å². The van der Waals surface area contributed by atoms with Gasteiger partial charge in [0.2, 0.25) is 0 Å². The highest BCUT2D eigenvalue weighted by molar-refractivity contribution is 6.04. The van der Waals surface area contributed by atoms with Crippen LogP contribution in [0.5, 0.6) is 0 Å². The van der Waals surface area contributed by atoms with E-state index >= 15 is 0 Å². The number of hydrogen-bond acceptors (Lipinski definition) is 3. The Morgan fingerprint density at radius 3 is 2.20 bits per heavy atom. The lowest BCUT2D eigenvalue weighted by atomic mass is 10.1. The molecular formula is C25H23N3O2. The van der Waals surface area contributed by atoms with Crippen molar-refractivity contribution in [2.75, 3.05) is 0 Å². The van der Waals surface area contributed by atoms with Gasteiger partial charge in [-0.3, -0.25) is 9.59 Å². The second-order valence-corrected chi connectivity index (χ2v) is 7.35. The Morgan fingerprint density at radius 1 is 0.900 bits per heavy atom. The van der Waals surface area contributed by atoms with Crippen LogP contribution in [0.4, 0.5) is 0 Å². The van der Waals surface area contributed by atoms with Crippen LogP contribution in [-0.2, 0) is 6.42 Å². The van der Waals surface area contributed by atoms with Gasteiger partial charge in [0.05, 0.1) is 11.1 Å². The van der Waals surface area contributed by atoms with Gasteiger partial charge >= 0.3 is 0 Å². The van der Waals surface area contributed by atoms with Crippen molar-refractivity contribution >= 4 is 16.7 Å². The maximum atomic E-state index is 13.1. The van der Waals surface area contributed by atoms with Gasteiger partial charge in [-0.15, -0.1) is 0 Å². The number of aryl methyl sites for hydroxylation is 1. The largest absolute Gasteiger partial charge is 0.348 e. The smallest absolute Gasteiger partial charge is 0.279 e. The highest BCUT2D eigenvalue weighted by atomic mass is 16.2. The molecule has 1 N–H and O–H groups in total. The molecule has 3 aromatic carbocycles. The molecule has 150 valence electrons. The maximum Gasteiger partial charge on any atom is 0.279 e. The lowest BCUT2D eigenvalue weighted by molar-refractivity contribution is 0.0933. The quantitative estimate of drug-likeness (QED) is 0.532. The number of nitrogens with one attached hydrogen (secondary N) is 1. The molecule has 1 aromatic heterocycles. The average molecular weight is 397 g/mol. The summed E-state index contributed by atoms with van der Waals surface area (Å²) in [5.41, 5.74) is 1.87. The third-order valence-corrected chi connectivity index (χ3v) is 5.11. The number of carbonyl (C=O) groups excluding carboxylic acids is 1. The van der Waals surface area contributed by atoms with Gasteiger partial charge in [0.15, 0.2) is 5.69 Å². The van der Waals surface area contributed by atoms with Crippen LogP contribution in [0.2, 0.25) is 0 Å². The zero-order valence-corrected chi connectivity index (χ0v) is 16.8. The molecule has 1 atom stereocenters. The summed E-state index contributed by atoms with van der Waals surface area (Å²) < 4.78 is 1.30. The minimum Gasteiger partial charge on any atom is -0.348 e. The van der Waals surface area contributed by atoms with E-state index in [9.17, 15) is 9.59 Å². The number of fused-ring (bicyclic) bond motifs is 1. The first-order valence-electron chi connectivity index (χ1n) is 10.1. The summed E-state index contributed by atoms with van der Waals surface area (Å²) in [5.74, 6) is -0.281. The number of aromatic nitrogens is 2. The zero-order valence-electron chi connectivity index (χ0n) is 16.8. The Hall–Kier alpha value is -3.73. The molecule has 30 heavy (non-hydrogen) atoms. The molecule has 5 heteroatoms. The molecule has 4 rings (SSSR count). The van der Waals surface area contributed by atoms with E-state index in [-0.39, 0.29) is 23.2 Å². The van der Waals surface area contributed by atoms with Gasteiger partial charge < -0.3 is 5.32 Å². The maximum absolute atomic E-state index is 13.1. The van der Waals surface area contributed by atoms with E-state index in [0.717, 1.165) is 12.8 Å². The van der Waals surface area contributed by atoms with Crippen LogP contribution in [0.3, 0.4) is 0 Å². The standard InChI is InChI=1S/C25H23N3O2/c1-18(16-17-19-10-4-2-5-11-19)26-24(29)23-21-14-8-9-15-22(21)25(30)28(27-23)20-12-6-3-7-13-20/h2-15,18H,16-17H2,1H3,(H,26,29). The van der Waals surface area contributed by atoms with Crippen LogP contribution in [0.15, 0.2) is 89.7 Å². The molecule has 1 amide bonds.